The lowest BCUT2D eigenvalue weighted by Gasteiger charge is -2.12. The predicted molar refractivity (Wildman–Crippen MR) is 74.3 cm³/mol. The third-order valence-corrected chi connectivity index (χ3v) is 3.53. The van der Waals surface area contributed by atoms with Gasteiger partial charge in [0.2, 0.25) is 0 Å². The summed E-state index contributed by atoms with van der Waals surface area (Å²) in [6.07, 6.45) is 2.37. The predicted octanol–water partition coefficient (Wildman–Crippen LogP) is 2.89. The highest BCUT2D eigenvalue weighted by atomic mass is 16.3. The minimum Gasteiger partial charge on any atom is -0.507 e. The minimum absolute atomic E-state index is 0.0982. The summed E-state index contributed by atoms with van der Waals surface area (Å²) in [6.45, 7) is 9.25. The molecule has 3 heteroatoms. The Bertz CT molecular complexity index is 696. The molecular weight excluding hydrogens is 226 g/mol. The highest BCUT2D eigenvalue weighted by molar-refractivity contribution is 5.88. The summed E-state index contributed by atoms with van der Waals surface area (Å²) in [6, 6.07) is 1.93. The lowest BCUT2D eigenvalue weighted by Crippen LogP contribution is -2.12. The zero-order chi connectivity index (χ0) is 13.4. The largest absolute Gasteiger partial charge is 0.507 e. The van der Waals surface area contributed by atoms with Gasteiger partial charge in [-0.1, -0.05) is 6.08 Å². The molecule has 0 bridgehead atoms. The molecule has 1 aromatic heterocycles. The first-order valence-corrected chi connectivity index (χ1v) is 5.93. The molecular formula is C15H17NO2. The van der Waals surface area contributed by atoms with E-state index in [1.54, 1.807) is 6.08 Å². The maximum absolute atomic E-state index is 11.8. The Hall–Kier alpha value is -2.03. The van der Waals surface area contributed by atoms with Gasteiger partial charge in [0.15, 0.2) is 0 Å². The summed E-state index contributed by atoms with van der Waals surface area (Å²) in [5.74, 6) is 0.237. The number of phenols is 1. The molecule has 2 rings (SSSR count). The molecule has 0 atom stereocenters. The van der Waals surface area contributed by atoms with Crippen molar-refractivity contribution in [3.8, 4) is 5.75 Å². The van der Waals surface area contributed by atoms with E-state index in [4.69, 9.17) is 0 Å². The van der Waals surface area contributed by atoms with Gasteiger partial charge in [-0.05, 0) is 44.4 Å². The average molecular weight is 243 g/mol. The van der Waals surface area contributed by atoms with Gasteiger partial charge in [-0.2, -0.15) is 0 Å². The van der Waals surface area contributed by atoms with Crippen molar-refractivity contribution in [2.75, 3.05) is 0 Å². The quantitative estimate of drug-likeness (QED) is 0.797. The van der Waals surface area contributed by atoms with E-state index in [1.807, 2.05) is 26.8 Å². The van der Waals surface area contributed by atoms with E-state index in [-0.39, 0.29) is 11.3 Å². The maximum Gasteiger partial charge on any atom is 0.251 e. The van der Waals surface area contributed by atoms with Crippen LogP contribution in [0.25, 0.3) is 10.9 Å². The van der Waals surface area contributed by atoms with Gasteiger partial charge in [0.25, 0.3) is 5.56 Å². The van der Waals surface area contributed by atoms with Crippen molar-refractivity contribution in [2.24, 2.45) is 0 Å². The summed E-state index contributed by atoms with van der Waals surface area (Å²) >= 11 is 0. The van der Waals surface area contributed by atoms with Crippen molar-refractivity contribution >= 4 is 10.9 Å². The topological polar surface area (TPSA) is 53.1 Å². The number of aromatic amines is 1. The smallest absolute Gasteiger partial charge is 0.251 e. The second-order valence-corrected chi connectivity index (χ2v) is 4.63. The van der Waals surface area contributed by atoms with Gasteiger partial charge in [0, 0.05) is 16.5 Å². The van der Waals surface area contributed by atoms with E-state index in [0.717, 1.165) is 22.1 Å². The number of benzene rings is 1. The van der Waals surface area contributed by atoms with Crippen LogP contribution in [-0.4, -0.2) is 10.1 Å². The molecule has 2 aromatic rings. The summed E-state index contributed by atoms with van der Waals surface area (Å²) in [5.41, 5.74) is 3.85. The molecule has 1 heterocycles. The average Bonchev–Trinajstić information content (AvgIpc) is 2.35. The molecule has 0 fully saturated rings. The number of aromatic nitrogens is 1. The van der Waals surface area contributed by atoms with Crippen LogP contribution in [0.3, 0.4) is 0 Å². The molecule has 0 unspecified atom stereocenters. The van der Waals surface area contributed by atoms with Crippen molar-refractivity contribution in [1.29, 1.82) is 0 Å². The van der Waals surface area contributed by atoms with Crippen LogP contribution < -0.4 is 5.56 Å². The Morgan fingerprint density at radius 1 is 1.28 bits per heavy atom. The van der Waals surface area contributed by atoms with Gasteiger partial charge in [-0.25, -0.2) is 0 Å². The molecule has 18 heavy (non-hydrogen) atoms. The lowest BCUT2D eigenvalue weighted by atomic mass is 9.97. The molecule has 94 valence electrons. The van der Waals surface area contributed by atoms with Crippen LogP contribution >= 0.6 is 0 Å². The highest BCUT2D eigenvalue weighted by Gasteiger charge is 2.13. The Balaban J connectivity index is 2.95. The number of phenolic OH excluding ortho intramolecular Hbond substituents is 1. The second kappa shape index (κ2) is 4.33. The van der Waals surface area contributed by atoms with Crippen LogP contribution in [0.1, 0.15) is 22.3 Å². The molecule has 0 saturated heterocycles. The van der Waals surface area contributed by atoms with Crippen LogP contribution in [0, 0.1) is 20.8 Å². The Kier molecular flexibility index (Phi) is 2.99. The van der Waals surface area contributed by atoms with E-state index >= 15 is 0 Å². The number of hydrogen-bond acceptors (Lipinski definition) is 2. The molecule has 0 aliphatic rings. The molecule has 0 aliphatic carbocycles. The molecule has 2 N–H and O–H groups in total. The first kappa shape index (κ1) is 12.4. The molecule has 3 nitrogen and oxygen atoms in total. The maximum atomic E-state index is 11.8. The summed E-state index contributed by atoms with van der Waals surface area (Å²) in [4.78, 5) is 14.6. The number of rotatable bonds is 2. The van der Waals surface area contributed by atoms with Crippen LogP contribution in [-0.2, 0) is 6.42 Å². The number of aromatic hydroxyl groups is 1. The van der Waals surface area contributed by atoms with Gasteiger partial charge < -0.3 is 10.1 Å². The number of pyridine rings is 1. The van der Waals surface area contributed by atoms with Gasteiger partial charge in [0.05, 0.1) is 5.52 Å². The summed E-state index contributed by atoms with van der Waals surface area (Å²) in [5, 5.41) is 11.1. The van der Waals surface area contributed by atoms with Gasteiger partial charge in [0.1, 0.15) is 5.75 Å². The SMILES string of the molecule is C=CCc1cc2c(C)c(C)c(=O)[nH]c2c(C)c1O. The Morgan fingerprint density at radius 2 is 1.94 bits per heavy atom. The number of nitrogens with one attached hydrogen (secondary N) is 1. The van der Waals surface area contributed by atoms with Crippen LogP contribution in [0.5, 0.6) is 5.75 Å². The third-order valence-electron chi connectivity index (χ3n) is 3.53. The lowest BCUT2D eigenvalue weighted by molar-refractivity contribution is 0.466. The zero-order valence-corrected chi connectivity index (χ0v) is 10.9. The van der Waals surface area contributed by atoms with E-state index in [1.165, 1.54) is 0 Å². The summed E-state index contributed by atoms with van der Waals surface area (Å²) < 4.78 is 0. The standard InChI is InChI=1S/C15H17NO2/c1-5-6-11-7-12-8(2)9(3)15(18)16-13(12)10(4)14(11)17/h5,7,17H,1,6H2,2-4H3,(H,16,18). The van der Waals surface area contributed by atoms with Gasteiger partial charge in [-0.15, -0.1) is 6.58 Å². The van der Waals surface area contributed by atoms with Crippen LogP contribution in [0.4, 0.5) is 0 Å². The van der Waals surface area contributed by atoms with Crippen molar-refractivity contribution in [3.63, 3.8) is 0 Å². The number of fused-ring (bicyclic) bond motifs is 1. The fourth-order valence-corrected chi connectivity index (χ4v) is 2.22. The van der Waals surface area contributed by atoms with Crippen molar-refractivity contribution in [1.82, 2.24) is 4.98 Å². The second-order valence-electron chi connectivity index (χ2n) is 4.63. The fraction of sp³-hybridized carbons (Fsp3) is 0.267. The first-order chi connectivity index (χ1) is 8.47. The van der Waals surface area contributed by atoms with Crippen LogP contribution in [0.15, 0.2) is 23.5 Å². The molecule has 0 aliphatic heterocycles. The Morgan fingerprint density at radius 3 is 2.56 bits per heavy atom. The van der Waals surface area contributed by atoms with E-state index in [0.29, 0.717) is 17.5 Å². The van der Waals surface area contributed by atoms with E-state index in [9.17, 15) is 9.90 Å². The number of allylic oxidation sites excluding steroid dienone is 1. The van der Waals surface area contributed by atoms with Crippen molar-refractivity contribution < 1.29 is 5.11 Å². The van der Waals surface area contributed by atoms with Crippen LogP contribution in [0.2, 0.25) is 0 Å². The third kappa shape index (κ3) is 1.72. The molecule has 0 spiro atoms. The molecule has 0 radical (unpaired) electrons. The molecule has 0 saturated carbocycles. The van der Waals surface area contributed by atoms with E-state index in [2.05, 4.69) is 11.6 Å². The number of aryl methyl sites for hydroxylation is 2. The zero-order valence-electron chi connectivity index (χ0n) is 10.9. The monoisotopic (exact) mass is 243 g/mol. The van der Waals surface area contributed by atoms with Crippen molar-refractivity contribution in [2.45, 2.75) is 27.2 Å². The summed E-state index contributed by atoms with van der Waals surface area (Å²) in [7, 11) is 0. The minimum atomic E-state index is -0.0982. The highest BCUT2D eigenvalue weighted by Crippen LogP contribution is 2.31. The molecule has 1 aromatic carbocycles. The van der Waals surface area contributed by atoms with Gasteiger partial charge >= 0.3 is 0 Å². The first-order valence-electron chi connectivity index (χ1n) is 5.93. The number of hydrogen-bond donors (Lipinski definition) is 2. The van der Waals surface area contributed by atoms with Gasteiger partial charge in [-0.3, -0.25) is 4.79 Å². The number of H-pyrrole nitrogens is 1. The fourth-order valence-electron chi connectivity index (χ4n) is 2.22. The van der Waals surface area contributed by atoms with Crippen molar-refractivity contribution in [3.05, 3.63) is 51.3 Å². The molecule has 0 amide bonds. The van der Waals surface area contributed by atoms with E-state index < -0.39 is 0 Å². The normalized spacial score (nSPS) is 10.8. The Labute approximate surface area is 106 Å².